The predicted molar refractivity (Wildman–Crippen MR) is 104 cm³/mol. The second-order valence-corrected chi connectivity index (χ2v) is 6.75. The Morgan fingerprint density at radius 2 is 1.73 bits per heavy atom. The van der Waals surface area contributed by atoms with Crippen LogP contribution in [0.1, 0.15) is 32.0 Å². The lowest BCUT2D eigenvalue weighted by Crippen LogP contribution is -2.33. The van der Waals surface area contributed by atoms with Gasteiger partial charge in [0.1, 0.15) is 12.4 Å². The second kappa shape index (κ2) is 8.10. The van der Waals surface area contributed by atoms with Crippen molar-refractivity contribution in [2.24, 2.45) is 0 Å². The molecule has 0 bridgehead atoms. The van der Waals surface area contributed by atoms with Crippen molar-refractivity contribution in [3.8, 4) is 0 Å². The molecular formula is C21H17F4N3O2. The van der Waals surface area contributed by atoms with E-state index in [1.165, 1.54) is 36.4 Å². The maximum absolute atomic E-state index is 13.5. The van der Waals surface area contributed by atoms with E-state index in [4.69, 9.17) is 0 Å². The smallest absolute Gasteiger partial charge is 0.343 e. The Kier molecular flexibility index (Phi) is 5.73. The number of anilines is 1. The molecule has 1 aromatic heterocycles. The summed E-state index contributed by atoms with van der Waals surface area (Å²) in [6, 6.07) is 9.61. The van der Waals surface area contributed by atoms with Crippen LogP contribution < -0.4 is 10.6 Å². The number of alkyl halides is 3. The van der Waals surface area contributed by atoms with Crippen LogP contribution in [0.5, 0.6) is 0 Å². The zero-order valence-electron chi connectivity index (χ0n) is 16.0. The first-order valence-corrected chi connectivity index (χ1v) is 8.87. The third-order valence-corrected chi connectivity index (χ3v) is 4.34. The summed E-state index contributed by atoms with van der Waals surface area (Å²) in [5.74, 6) is -1.92. The van der Waals surface area contributed by atoms with Crippen LogP contribution in [0.25, 0.3) is 10.9 Å². The van der Waals surface area contributed by atoms with Crippen LogP contribution in [0.3, 0.4) is 0 Å². The Morgan fingerprint density at radius 1 is 1.00 bits per heavy atom. The molecule has 0 saturated heterocycles. The molecule has 3 rings (SSSR count). The van der Waals surface area contributed by atoms with Crippen molar-refractivity contribution < 1.29 is 27.2 Å². The maximum atomic E-state index is 13.5. The largest absolute Gasteiger partial charge is 0.405 e. The Balaban J connectivity index is 1.89. The molecule has 0 aliphatic carbocycles. The standard InChI is InChI=1S/C21H17F4N3O2/c1-11-3-4-13(19(29)26-10-21(23,24)25)8-17(11)28-20(30)16-7-12(2)27-18-9-14(22)5-6-15(16)18/h3-9H,10H2,1-2H3,(H,26,29)(H,28,30). The van der Waals surface area contributed by atoms with Crippen LogP contribution in [-0.4, -0.2) is 29.5 Å². The number of nitrogens with zero attached hydrogens (tertiary/aromatic N) is 1. The first-order chi connectivity index (χ1) is 14.0. The van der Waals surface area contributed by atoms with Crippen molar-refractivity contribution >= 4 is 28.4 Å². The lowest BCUT2D eigenvalue weighted by molar-refractivity contribution is -0.123. The molecule has 0 aliphatic rings. The van der Waals surface area contributed by atoms with E-state index in [1.54, 1.807) is 25.2 Å². The van der Waals surface area contributed by atoms with Crippen molar-refractivity contribution in [3.05, 3.63) is 70.7 Å². The van der Waals surface area contributed by atoms with E-state index >= 15 is 0 Å². The molecule has 0 unspecified atom stereocenters. The molecule has 5 nitrogen and oxygen atoms in total. The summed E-state index contributed by atoms with van der Waals surface area (Å²) in [6.07, 6.45) is -4.53. The number of carbonyl (C=O) groups excluding carboxylic acids is 2. The summed E-state index contributed by atoms with van der Waals surface area (Å²) in [5.41, 5.74) is 1.93. The summed E-state index contributed by atoms with van der Waals surface area (Å²) >= 11 is 0. The van der Waals surface area contributed by atoms with Gasteiger partial charge in [-0.2, -0.15) is 13.2 Å². The van der Waals surface area contributed by atoms with E-state index in [2.05, 4.69) is 10.3 Å². The number of rotatable bonds is 4. The highest BCUT2D eigenvalue weighted by molar-refractivity contribution is 6.13. The lowest BCUT2D eigenvalue weighted by atomic mass is 10.1. The number of carbonyl (C=O) groups is 2. The zero-order valence-corrected chi connectivity index (χ0v) is 16.0. The Hall–Kier alpha value is -3.49. The van der Waals surface area contributed by atoms with Crippen LogP contribution in [0, 0.1) is 19.7 Å². The Bertz CT molecular complexity index is 1140. The van der Waals surface area contributed by atoms with E-state index in [1.807, 2.05) is 0 Å². The van der Waals surface area contributed by atoms with Crippen LogP contribution >= 0.6 is 0 Å². The summed E-state index contributed by atoms with van der Waals surface area (Å²) in [4.78, 5) is 29.1. The van der Waals surface area contributed by atoms with Gasteiger partial charge >= 0.3 is 6.18 Å². The highest BCUT2D eigenvalue weighted by Gasteiger charge is 2.28. The highest BCUT2D eigenvalue weighted by atomic mass is 19.4. The van der Waals surface area contributed by atoms with Gasteiger partial charge in [0.25, 0.3) is 11.8 Å². The van der Waals surface area contributed by atoms with Gasteiger partial charge in [-0.05, 0) is 49.7 Å². The average Bonchev–Trinajstić information content (AvgIpc) is 2.66. The monoisotopic (exact) mass is 419 g/mol. The maximum Gasteiger partial charge on any atom is 0.405 e. The van der Waals surface area contributed by atoms with Gasteiger partial charge in [-0.25, -0.2) is 4.39 Å². The summed E-state index contributed by atoms with van der Waals surface area (Å²) in [5, 5.41) is 4.89. The SMILES string of the molecule is Cc1cc(C(=O)Nc2cc(C(=O)NCC(F)(F)F)ccc2C)c2ccc(F)cc2n1. The van der Waals surface area contributed by atoms with Gasteiger partial charge in [-0.3, -0.25) is 14.6 Å². The third-order valence-electron chi connectivity index (χ3n) is 4.34. The topological polar surface area (TPSA) is 71.1 Å². The number of amides is 2. The van der Waals surface area contributed by atoms with E-state index < -0.39 is 30.4 Å². The van der Waals surface area contributed by atoms with E-state index in [0.717, 1.165) is 0 Å². The minimum Gasteiger partial charge on any atom is -0.343 e. The number of aromatic nitrogens is 1. The van der Waals surface area contributed by atoms with Gasteiger partial charge in [-0.1, -0.05) is 6.07 Å². The lowest BCUT2D eigenvalue weighted by Gasteiger charge is -2.13. The molecular weight excluding hydrogens is 402 g/mol. The van der Waals surface area contributed by atoms with Crippen molar-refractivity contribution in [2.75, 3.05) is 11.9 Å². The van der Waals surface area contributed by atoms with Crippen molar-refractivity contribution in [1.29, 1.82) is 0 Å². The van der Waals surface area contributed by atoms with Crippen molar-refractivity contribution in [3.63, 3.8) is 0 Å². The molecule has 0 atom stereocenters. The van der Waals surface area contributed by atoms with Gasteiger partial charge in [0.2, 0.25) is 0 Å². The minimum atomic E-state index is -4.53. The molecule has 2 amide bonds. The fourth-order valence-corrected chi connectivity index (χ4v) is 2.89. The number of halogens is 4. The fourth-order valence-electron chi connectivity index (χ4n) is 2.89. The molecule has 2 N–H and O–H groups in total. The van der Waals surface area contributed by atoms with Gasteiger partial charge in [0.05, 0.1) is 11.1 Å². The fraction of sp³-hybridized carbons (Fsp3) is 0.190. The van der Waals surface area contributed by atoms with E-state index in [9.17, 15) is 27.2 Å². The Labute approximate surface area is 169 Å². The summed E-state index contributed by atoms with van der Waals surface area (Å²) < 4.78 is 50.5. The first-order valence-electron chi connectivity index (χ1n) is 8.87. The van der Waals surface area contributed by atoms with Gasteiger partial charge in [0.15, 0.2) is 0 Å². The summed E-state index contributed by atoms with van der Waals surface area (Å²) in [6.45, 7) is 1.89. The molecule has 156 valence electrons. The van der Waals surface area contributed by atoms with Crippen molar-refractivity contribution in [1.82, 2.24) is 10.3 Å². The molecule has 0 aliphatic heterocycles. The average molecular weight is 419 g/mol. The molecule has 0 radical (unpaired) electrons. The molecule has 9 heteroatoms. The van der Waals surface area contributed by atoms with Crippen LogP contribution in [0.2, 0.25) is 0 Å². The first kappa shape index (κ1) is 21.2. The third kappa shape index (κ3) is 4.91. The molecule has 0 spiro atoms. The predicted octanol–water partition coefficient (Wildman–Crippen LogP) is 4.54. The highest BCUT2D eigenvalue weighted by Crippen LogP contribution is 2.23. The number of pyridine rings is 1. The molecule has 0 fully saturated rings. The molecule has 1 heterocycles. The quantitative estimate of drug-likeness (QED) is 0.611. The van der Waals surface area contributed by atoms with Crippen LogP contribution in [0.15, 0.2) is 42.5 Å². The zero-order chi connectivity index (χ0) is 22.1. The molecule has 30 heavy (non-hydrogen) atoms. The van der Waals surface area contributed by atoms with Crippen LogP contribution in [-0.2, 0) is 0 Å². The number of fused-ring (bicyclic) bond motifs is 1. The van der Waals surface area contributed by atoms with E-state index in [-0.39, 0.29) is 16.8 Å². The van der Waals surface area contributed by atoms with Crippen LogP contribution in [0.4, 0.5) is 23.2 Å². The second-order valence-electron chi connectivity index (χ2n) is 6.75. The number of hydrogen-bond donors (Lipinski definition) is 2. The Morgan fingerprint density at radius 3 is 2.43 bits per heavy atom. The number of benzene rings is 2. The van der Waals surface area contributed by atoms with Gasteiger partial charge < -0.3 is 10.6 Å². The minimum absolute atomic E-state index is 0.0296. The van der Waals surface area contributed by atoms with E-state index in [0.29, 0.717) is 22.2 Å². The number of nitrogens with one attached hydrogen (secondary N) is 2. The summed E-state index contributed by atoms with van der Waals surface area (Å²) in [7, 11) is 0. The molecule has 2 aromatic carbocycles. The number of aryl methyl sites for hydroxylation is 2. The van der Waals surface area contributed by atoms with Gasteiger partial charge in [0, 0.05) is 28.4 Å². The normalized spacial score (nSPS) is 11.4. The molecule has 3 aromatic rings. The van der Waals surface area contributed by atoms with Gasteiger partial charge in [-0.15, -0.1) is 0 Å². The molecule has 0 saturated carbocycles. The number of hydrogen-bond acceptors (Lipinski definition) is 3. The van der Waals surface area contributed by atoms with Crippen molar-refractivity contribution in [2.45, 2.75) is 20.0 Å².